The highest BCUT2D eigenvalue weighted by Crippen LogP contribution is 2.34. The first kappa shape index (κ1) is 25.3. The molecule has 4 rings (SSSR count). The number of benzene rings is 1. The molecule has 0 atom stereocenters. The quantitative estimate of drug-likeness (QED) is 0.361. The summed E-state index contributed by atoms with van der Waals surface area (Å²) in [7, 11) is 0. The summed E-state index contributed by atoms with van der Waals surface area (Å²) in [6, 6.07) is 10.1. The molecular weight excluding hydrogens is 458 g/mol. The standard InChI is InChI=1S/C27H35N5O2S/c1-5-23(17-32-10-12-33-13-11-32)35-20(4)29-27-24-15-21(14-19(2)3)16-25(26(24)30-31-27)34-18-22-8-6-7-9-28-22/h5-9,15-16,19H,4,10-14,17-18H2,1-3H3,(H2,29,30,31)/b23-5-. The molecule has 3 aromatic rings. The van der Waals surface area contributed by atoms with E-state index in [1.54, 1.807) is 18.0 Å². The van der Waals surface area contributed by atoms with Crippen LogP contribution in [-0.4, -0.2) is 52.9 Å². The first-order valence-electron chi connectivity index (χ1n) is 12.1. The average Bonchev–Trinajstić information content (AvgIpc) is 3.25. The highest BCUT2D eigenvalue weighted by molar-refractivity contribution is 8.06. The Hall–Kier alpha value is -2.81. The van der Waals surface area contributed by atoms with Gasteiger partial charge in [0.15, 0.2) is 5.82 Å². The van der Waals surface area contributed by atoms with Gasteiger partial charge in [-0.15, -0.1) is 0 Å². The van der Waals surface area contributed by atoms with Crippen LogP contribution in [0.4, 0.5) is 5.82 Å². The van der Waals surface area contributed by atoms with Gasteiger partial charge in [-0.1, -0.05) is 44.3 Å². The maximum Gasteiger partial charge on any atom is 0.160 e. The van der Waals surface area contributed by atoms with Gasteiger partial charge in [0, 0.05) is 36.1 Å². The number of hydrogen-bond donors (Lipinski definition) is 2. The van der Waals surface area contributed by atoms with Crippen LogP contribution in [0.15, 0.2) is 59.1 Å². The molecule has 3 heterocycles. The third kappa shape index (κ3) is 7.10. The zero-order chi connectivity index (χ0) is 24.6. The fourth-order valence-electron chi connectivity index (χ4n) is 4.06. The van der Waals surface area contributed by atoms with Crippen molar-refractivity contribution in [2.45, 2.75) is 33.8 Å². The van der Waals surface area contributed by atoms with Gasteiger partial charge in [0.05, 0.1) is 23.9 Å². The third-order valence-corrected chi connectivity index (χ3v) is 6.73. The summed E-state index contributed by atoms with van der Waals surface area (Å²) in [5.74, 6) is 2.07. The van der Waals surface area contributed by atoms with Gasteiger partial charge in [0.25, 0.3) is 0 Å². The highest BCUT2D eigenvalue weighted by atomic mass is 32.2. The van der Waals surface area contributed by atoms with Crippen molar-refractivity contribution < 1.29 is 9.47 Å². The highest BCUT2D eigenvalue weighted by Gasteiger charge is 2.16. The maximum atomic E-state index is 6.20. The average molecular weight is 494 g/mol. The number of aromatic nitrogens is 3. The van der Waals surface area contributed by atoms with Crippen molar-refractivity contribution in [3.63, 3.8) is 0 Å². The molecule has 0 amide bonds. The van der Waals surface area contributed by atoms with Crippen LogP contribution < -0.4 is 10.1 Å². The monoisotopic (exact) mass is 493 g/mol. The lowest BCUT2D eigenvalue weighted by Gasteiger charge is -2.27. The summed E-state index contributed by atoms with van der Waals surface area (Å²) >= 11 is 1.65. The lowest BCUT2D eigenvalue weighted by atomic mass is 10.0. The number of nitrogens with one attached hydrogen (secondary N) is 2. The first-order chi connectivity index (χ1) is 17.0. The smallest absolute Gasteiger partial charge is 0.160 e. The van der Waals surface area contributed by atoms with E-state index in [1.165, 1.54) is 10.5 Å². The molecular formula is C27H35N5O2S. The Kier molecular flexibility index (Phi) is 8.84. The molecule has 2 aromatic heterocycles. The molecule has 0 spiro atoms. The van der Waals surface area contributed by atoms with E-state index in [0.29, 0.717) is 12.5 Å². The van der Waals surface area contributed by atoms with Gasteiger partial charge in [0.2, 0.25) is 0 Å². The zero-order valence-corrected chi connectivity index (χ0v) is 21.7. The number of aromatic amines is 1. The lowest BCUT2D eigenvalue weighted by Crippen LogP contribution is -2.37. The molecule has 0 radical (unpaired) electrons. The Balaban J connectivity index is 1.50. The van der Waals surface area contributed by atoms with Gasteiger partial charge < -0.3 is 14.8 Å². The molecule has 0 bridgehead atoms. The largest absolute Gasteiger partial charge is 0.485 e. The summed E-state index contributed by atoms with van der Waals surface area (Å²) < 4.78 is 11.7. The van der Waals surface area contributed by atoms with E-state index in [9.17, 15) is 0 Å². The van der Waals surface area contributed by atoms with E-state index >= 15 is 0 Å². The molecule has 1 aromatic carbocycles. The number of H-pyrrole nitrogens is 1. The van der Waals surface area contributed by atoms with Gasteiger partial charge in [-0.2, -0.15) is 5.10 Å². The number of anilines is 1. The number of fused-ring (bicyclic) bond motifs is 1. The van der Waals surface area contributed by atoms with Crippen molar-refractivity contribution in [2.24, 2.45) is 5.92 Å². The minimum Gasteiger partial charge on any atom is -0.485 e. The molecule has 8 heteroatoms. The fourth-order valence-corrected chi connectivity index (χ4v) is 4.89. The molecule has 0 saturated carbocycles. The number of morpholine rings is 1. The van der Waals surface area contributed by atoms with Gasteiger partial charge in [-0.25, -0.2) is 0 Å². The second kappa shape index (κ2) is 12.2. The normalized spacial score (nSPS) is 15.0. The Morgan fingerprint density at radius 3 is 2.86 bits per heavy atom. The number of rotatable bonds is 11. The van der Waals surface area contributed by atoms with Crippen LogP contribution >= 0.6 is 11.8 Å². The Morgan fingerprint density at radius 1 is 1.31 bits per heavy atom. The SMILES string of the molecule is C=C(Nc1n[nH]c2c(OCc3ccccn3)cc(CC(C)C)cc12)S/C(=C\C)CN1CCOCC1. The van der Waals surface area contributed by atoms with Crippen molar-refractivity contribution in [1.29, 1.82) is 0 Å². The van der Waals surface area contributed by atoms with Crippen LogP contribution in [-0.2, 0) is 17.8 Å². The van der Waals surface area contributed by atoms with Gasteiger partial charge in [0.1, 0.15) is 17.9 Å². The Bertz CT molecular complexity index is 1150. The maximum absolute atomic E-state index is 6.20. The number of ether oxygens (including phenoxy) is 2. The van der Waals surface area contributed by atoms with E-state index in [1.807, 2.05) is 18.2 Å². The van der Waals surface area contributed by atoms with Crippen molar-refractivity contribution in [3.8, 4) is 5.75 Å². The van der Waals surface area contributed by atoms with Crippen LogP contribution in [0.25, 0.3) is 10.9 Å². The lowest BCUT2D eigenvalue weighted by molar-refractivity contribution is 0.0430. The van der Waals surface area contributed by atoms with Crippen LogP contribution in [0, 0.1) is 5.92 Å². The molecule has 1 aliphatic rings. The van der Waals surface area contributed by atoms with Gasteiger partial charge in [-0.3, -0.25) is 15.0 Å². The van der Waals surface area contributed by atoms with Crippen molar-refractivity contribution in [3.05, 3.63) is 70.4 Å². The molecule has 0 aliphatic carbocycles. The summed E-state index contributed by atoms with van der Waals surface area (Å²) in [5, 5.41) is 13.0. The second-order valence-corrected chi connectivity index (χ2v) is 10.3. The van der Waals surface area contributed by atoms with Crippen LogP contribution in [0.2, 0.25) is 0 Å². The summed E-state index contributed by atoms with van der Waals surface area (Å²) in [4.78, 5) is 8.04. The molecule has 186 valence electrons. The Labute approximate surface area is 212 Å². The minimum absolute atomic E-state index is 0.400. The van der Waals surface area contributed by atoms with Gasteiger partial charge in [-0.05, 0) is 49.1 Å². The number of hydrogen-bond acceptors (Lipinski definition) is 7. The van der Waals surface area contributed by atoms with Crippen LogP contribution in [0.3, 0.4) is 0 Å². The number of allylic oxidation sites excluding steroid dienone is 1. The predicted octanol–water partition coefficient (Wildman–Crippen LogP) is 5.59. The first-order valence-corrected chi connectivity index (χ1v) is 13.0. The van der Waals surface area contributed by atoms with E-state index < -0.39 is 0 Å². The molecule has 7 nitrogen and oxygen atoms in total. The molecule has 2 N–H and O–H groups in total. The zero-order valence-electron chi connectivity index (χ0n) is 20.8. The molecule has 0 unspecified atom stereocenters. The predicted molar refractivity (Wildman–Crippen MR) is 145 cm³/mol. The van der Waals surface area contributed by atoms with E-state index in [-0.39, 0.29) is 0 Å². The summed E-state index contributed by atoms with van der Waals surface area (Å²) in [5.41, 5.74) is 2.97. The van der Waals surface area contributed by atoms with Gasteiger partial charge >= 0.3 is 0 Å². The van der Waals surface area contributed by atoms with Crippen molar-refractivity contribution in [1.82, 2.24) is 20.1 Å². The Morgan fingerprint density at radius 2 is 2.14 bits per heavy atom. The number of thioether (sulfide) groups is 1. The fraction of sp³-hybridized carbons (Fsp3) is 0.407. The third-order valence-electron chi connectivity index (χ3n) is 5.76. The van der Waals surface area contributed by atoms with Crippen LogP contribution in [0.5, 0.6) is 5.75 Å². The molecule has 1 saturated heterocycles. The summed E-state index contributed by atoms with van der Waals surface area (Å²) in [6.07, 6.45) is 4.89. The molecule has 1 aliphatic heterocycles. The second-order valence-electron chi connectivity index (χ2n) is 9.09. The number of pyridine rings is 1. The van der Waals surface area contributed by atoms with Crippen molar-refractivity contribution >= 4 is 28.5 Å². The minimum atomic E-state index is 0.400. The number of nitrogens with zero attached hydrogens (tertiary/aromatic N) is 3. The molecule has 1 fully saturated rings. The van der Waals surface area contributed by atoms with E-state index in [4.69, 9.17) is 9.47 Å². The molecule has 35 heavy (non-hydrogen) atoms. The van der Waals surface area contributed by atoms with Crippen LogP contribution in [0.1, 0.15) is 32.0 Å². The van der Waals surface area contributed by atoms with E-state index in [2.05, 4.69) is 71.0 Å². The summed E-state index contributed by atoms with van der Waals surface area (Å²) in [6.45, 7) is 15.6. The topological polar surface area (TPSA) is 75.3 Å². The van der Waals surface area contributed by atoms with Crippen molar-refractivity contribution in [2.75, 3.05) is 38.2 Å². The van der Waals surface area contributed by atoms with E-state index in [0.717, 1.165) is 72.5 Å².